The van der Waals surface area contributed by atoms with Crippen LogP contribution in [-0.2, 0) is 71.3 Å². The Labute approximate surface area is 572 Å². The smallest absolute Gasteiger partial charge is 0.251 e. The van der Waals surface area contributed by atoms with Gasteiger partial charge in [-0.2, -0.15) is 0 Å². The van der Waals surface area contributed by atoms with Crippen LogP contribution in [0.2, 0.25) is 0 Å². The van der Waals surface area contributed by atoms with Crippen molar-refractivity contribution < 1.29 is 152 Å². The number of amides is 5. The quantitative estimate of drug-likeness (QED) is 0.0218. The average molecular weight is 1430 g/mol. The highest BCUT2D eigenvalue weighted by Crippen LogP contribution is 2.36. The van der Waals surface area contributed by atoms with Gasteiger partial charge in [0.2, 0.25) is 23.6 Å². The number of aliphatic hydroxyl groups is 14. The minimum atomic E-state index is -2.07. The van der Waals surface area contributed by atoms with Crippen LogP contribution in [0.3, 0.4) is 0 Å². The topological polar surface area (TPSA) is 539 Å². The van der Waals surface area contributed by atoms with Gasteiger partial charge < -0.3 is 155 Å². The lowest BCUT2D eigenvalue weighted by Gasteiger charge is -2.51. The van der Waals surface area contributed by atoms with Gasteiger partial charge in [-0.3, -0.25) is 24.0 Å². The Morgan fingerprint density at radius 2 is 0.960 bits per heavy atom. The summed E-state index contributed by atoms with van der Waals surface area (Å²) < 4.78 is 72.0. The number of carbonyl (C=O) groups excluding carboxylic acids is 5. The van der Waals surface area contributed by atoms with E-state index in [9.17, 15) is 95.5 Å². The van der Waals surface area contributed by atoms with Crippen LogP contribution in [-0.4, -0.2) is 325 Å². The zero-order chi connectivity index (χ0) is 72.9. The highest BCUT2D eigenvalue weighted by molar-refractivity contribution is 5.94. The number of hydrogen-bond donors (Lipinski definition) is 19. The lowest BCUT2D eigenvalue weighted by molar-refractivity contribution is -0.365. The fourth-order valence-electron chi connectivity index (χ4n) is 12.3. The summed E-state index contributed by atoms with van der Waals surface area (Å²) in [5, 5.41) is 168. The Morgan fingerprint density at radius 1 is 0.505 bits per heavy atom. The molecule has 1 aromatic rings. The highest BCUT2D eigenvalue weighted by Gasteiger charge is 2.57. The van der Waals surface area contributed by atoms with Crippen LogP contribution in [0.25, 0.3) is 0 Å². The van der Waals surface area contributed by atoms with Gasteiger partial charge in [0.15, 0.2) is 37.7 Å². The van der Waals surface area contributed by atoms with Gasteiger partial charge in [0.1, 0.15) is 134 Å². The summed E-state index contributed by atoms with van der Waals surface area (Å²) in [4.78, 5) is 64.6. The van der Waals surface area contributed by atoms with Crippen molar-refractivity contribution in [2.45, 2.75) is 284 Å². The summed E-state index contributed by atoms with van der Waals surface area (Å²) >= 11 is 0. The van der Waals surface area contributed by atoms with E-state index in [2.05, 4.69) is 33.5 Å². The van der Waals surface area contributed by atoms with Crippen molar-refractivity contribution in [1.29, 1.82) is 0 Å². The average Bonchev–Trinajstić information content (AvgIpc) is 0.933. The van der Waals surface area contributed by atoms with Crippen LogP contribution in [0, 0.1) is 0 Å². The molecule has 5 aliphatic heterocycles. The molecule has 0 radical (unpaired) electrons. The Kier molecular flexibility index (Phi) is 34.0. The van der Waals surface area contributed by atoms with Gasteiger partial charge in [0, 0.05) is 33.3 Å². The molecule has 5 saturated heterocycles. The van der Waals surface area contributed by atoms with Gasteiger partial charge >= 0.3 is 0 Å². The van der Waals surface area contributed by atoms with Gasteiger partial charge in [0.25, 0.3) is 5.91 Å². The summed E-state index contributed by atoms with van der Waals surface area (Å²) in [6.07, 6.45) is -32.8. The summed E-state index contributed by atoms with van der Waals surface area (Å²) in [7, 11) is 0. The summed E-state index contributed by atoms with van der Waals surface area (Å²) in [5.74, 6) is -3.50. The van der Waals surface area contributed by atoms with Crippen molar-refractivity contribution >= 4 is 29.5 Å². The van der Waals surface area contributed by atoms with Crippen LogP contribution in [0.5, 0.6) is 5.75 Å². The van der Waals surface area contributed by atoms with Crippen molar-refractivity contribution in [3.63, 3.8) is 0 Å². The van der Waals surface area contributed by atoms with E-state index in [1.807, 2.05) is 0 Å². The molecule has 568 valence electrons. The molecule has 5 heterocycles. The number of aliphatic hydroxyl groups excluding tert-OH is 14. The number of ether oxygens (including phenoxy) is 12. The number of hydrogen-bond acceptors (Lipinski definition) is 31. The van der Waals surface area contributed by atoms with Crippen molar-refractivity contribution in [1.82, 2.24) is 26.6 Å². The van der Waals surface area contributed by atoms with E-state index >= 15 is 0 Å². The first-order chi connectivity index (χ1) is 47.1. The molecule has 0 bridgehead atoms. The van der Waals surface area contributed by atoms with Crippen molar-refractivity contribution in [3.8, 4) is 5.75 Å². The van der Waals surface area contributed by atoms with Gasteiger partial charge in [-0.15, -0.1) is 0 Å². The van der Waals surface area contributed by atoms with Crippen LogP contribution in [0.1, 0.15) is 117 Å². The van der Waals surface area contributed by atoms with Gasteiger partial charge in [0.05, 0.1) is 58.4 Å². The predicted octanol–water partition coefficient (Wildman–Crippen LogP) is -6.51. The number of benzene rings is 1. The molecule has 19 N–H and O–H groups in total. The first-order valence-corrected chi connectivity index (χ1v) is 33.6. The minimum Gasteiger partial charge on any atom is -0.494 e. The first-order valence-electron chi connectivity index (χ1n) is 33.6. The van der Waals surface area contributed by atoms with E-state index < -0.39 is 247 Å². The minimum absolute atomic E-state index is 0.0597. The van der Waals surface area contributed by atoms with Crippen molar-refractivity contribution in [3.05, 3.63) is 29.8 Å². The molecule has 5 aliphatic rings. The zero-order valence-corrected chi connectivity index (χ0v) is 56.6. The molecule has 36 heteroatoms. The monoisotopic (exact) mass is 1430 g/mol. The van der Waals surface area contributed by atoms with E-state index in [0.29, 0.717) is 12.4 Å². The second-order valence-corrected chi connectivity index (χ2v) is 25.5. The normalized spacial score (nSPS) is 36.2. The molecule has 0 aromatic heterocycles. The molecule has 0 spiro atoms. The summed E-state index contributed by atoms with van der Waals surface area (Å²) in [6, 6.07) is -1.92. The van der Waals surface area contributed by atoms with E-state index in [4.69, 9.17) is 56.8 Å². The van der Waals surface area contributed by atoms with Gasteiger partial charge in [-0.05, 0) is 38.5 Å². The van der Waals surface area contributed by atoms with E-state index in [1.165, 1.54) is 58.1 Å². The van der Waals surface area contributed by atoms with Crippen molar-refractivity contribution in [2.24, 2.45) is 0 Å². The number of rotatable bonds is 37. The van der Waals surface area contributed by atoms with Crippen molar-refractivity contribution in [2.75, 3.05) is 46.2 Å². The SMILES string of the molecule is CCCCCCCCCCCOc1cccc(C(=O)N[C@@H]2C(O[C@H]3C(O)C(NC(C)=O)[C@H](OC4C(CO)O[C@@H](O[C@H]5C(O)C(NC(C)=O)C(OC(CO)C(CO[C@@H]6OC(C)C(O)[C@H](O)[C@H]6O)OC(O)[C@H](C)NC(C)=O)O[C@H]5CO)[C@@H](NC(C)=O)[C@H]4O)O[C@H]3CO)OC(CO)[C@@H](O)[C@@H]2O)c1. The van der Waals surface area contributed by atoms with Crippen LogP contribution in [0.15, 0.2) is 24.3 Å². The molecule has 5 amide bonds. The first kappa shape index (κ1) is 83.3. The fourth-order valence-corrected chi connectivity index (χ4v) is 12.3. The molecule has 99 heavy (non-hydrogen) atoms. The third-order valence-corrected chi connectivity index (χ3v) is 17.6. The Hall–Kier alpha value is -4.63. The molecular weight excluding hydrogens is 1320 g/mol. The molecule has 1 aromatic carbocycles. The molecule has 0 saturated carbocycles. The molecule has 6 rings (SSSR count). The second-order valence-electron chi connectivity index (χ2n) is 25.5. The standard InChI is InChI=1S/C63H105N5O31/c1-8-9-10-11-12-13-14-15-16-20-88-35-19-17-18-34(21-35)57(86)68-42-48(80)47(79)37(23-70)93-60(42)97-55-39(25-72)95-62(44(50(55)82)66-32(6)76)99-56-40(26-73)96-61(45(51(56)83)67-33(7)77)98-54-38(24-71)94-59(43(49(54)81)65-31(5)75)92-36(22-69)41(91-58(87)28(2)64-30(4)74)27-89-63-53(85)52(84)46(78)29(3)90-63/h17-19,21,28-29,36-56,58-63,69-73,78-85,87H,8-16,20,22-27H2,1-7H3,(H,64,74)(H,65,75)(H,66,76)(H,67,77)(H,68,86)/t28-,29?,36?,37?,38-,39-,40?,41?,42-,43?,44?,45-,46?,47+,48+,49?,50?,51+,52-,53+,54+,55+,56?,58?,59?,60?,61-,62-,63+/m0/s1. The van der Waals surface area contributed by atoms with Crippen LogP contribution < -0.4 is 31.3 Å². The Morgan fingerprint density at radius 3 is 1.42 bits per heavy atom. The number of nitrogens with one attached hydrogen (secondary N) is 5. The fraction of sp³-hybridized carbons (Fsp3) is 0.825. The predicted molar refractivity (Wildman–Crippen MR) is 335 cm³/mol. The number of carbonyl (C=O) groups is 5. The van der Waals surface area contributed by atoms with Crippen LogP contribution in [0.4, 0.5) is 0 Å². The third-order valence-electron chi connectivity index (χ3n) is 17.6. The van der Waals surface area contributed by atoms with Gasteiger partial charge in [-0.25, -0.2) is 0 Å². The largest absolute Gasteiger partial charge is 0.494 e. The maximum atomic E-state index is 14.0. The van der Waals surface area contributed by atoms with E-state index in [1.54, 1.807) is 12.1 Å². The Bertz CT molecular complexity index is 2630. The summed E-state index contributed by atoms with van der Waals surface area (Å²) in [6.45, 7) is 3.80. The van der Waals surface area contributed by atoms with E-state index in [-0.39, 0.29) is 5.56 Å². The maximum Gasteiger partial charge on any atom is 0.251 e. The summed E-state index contributed by atoms with van der Waals surface area (Å²) in [5.41, 5.74) is 0.0597. The Balaban J connectivity index is 1.19. The maximum absolute atomic E-state index is 14.0. The molecule has 36 nitrogen and oxygen atoms in total. The molecule has 29 atom stereocenters. The lowest BCUT2D eigenvalue weighted by Crippen LogP contribution is -2.72. The van der Waals surface area contributed by atoms with E-state index in [0.717, 1.165) is 53.4 Å². The second kappa shape index (κ2) is 40.4. The van der Waals surface area contributed by atoms with Crippen LogP contribution >= 0.6 is 0 Å². The zero-order valence-electron chi connectivity index (χ0n) is 56.6. The highest BCUT2D eigenvalue weighted by atomic mass is 16.8. The molecule has 5 fully saturated rings. The molecule has 14 unspecified atom stereocenters. The number of unbranched alkanes of at least 4 members (excludes halogenated alkanes) is 8. The third kappa shape index (κ3) is 22.9. The lowest BCUT2D eigenvalue weighted by atomic mass is 9.93. The molecular formula is C63H105N5O31. The molecule has 0 aliphatic carbocycles. The van der Waals surface area contributed by atoms with Gasteiger partial charge in [-0.1, -0.05) is 64.4 Å².